The monoisotopic (exact) mass is 517 g/mol. The Bertz CT molecular complexity index is 1090. The van der Waals surface area contributed by atoms with E-state index in [0.717, 1.165) is 44.0 Å². The van der Waals surface area contributed by atoms with Gasteiger partial charge in [-0.3, -0.25) is 4.90 Å². The predicted molar refractivity (Wildman–Crippen MR) is 151 cm³/mol. The number of likely N-dealkylation sites (tertiary alicyclic amines) is 1. The van der Waals surface area contributed by atoms with E-state index in [1.165, 1.54) is 49.2 Å². The highest BCUT2D eigenvalue weighted by Gasteiger charge is 2.44. The molecule has 1 aromatic rings. The molecule has 1 aromatic carbocycles. The maximum Gasteiger partial charge on any atom is 0.165 e. The zero-order valence-electron chi connectivity index (χ0n) is 23.3. The Balaban J connectivity index is 1.13. The molecule has 2 heterocycles. The van der Waals surface area contributed by atoms with Crippen LogP contribution < -0.4 is 0 Å². The first-order valence-electron chi connectivity index (χ1n) is 14.2. The molecule has 0 spiro atoms. The van der Waals surface area contributed by atoms with Gasteiger partial charge in [-0.1, -0.05) is 53.4 Å². The van der Waals surface area contributed by atoms with E-state index in [0.29, 0.717) is 13.2 Å². The lowest BCUT2D eigenvalue weighted by Gasteiger charge is -2.32. The SMILES string of the molecule is COCC#CC1(COC2=C(CN(C)C)C3ON=C(CCC4CCN(Cc5ccccc5)CC4)C3C=C2)CC1. The van der Waals surface area contributed by atoms with Gasteiger partial charge >= 0.3 is 0 Å². The maximum absolute atomic E-state index is 6.39. The molecule has 204 valence electrons. The van der Waals surface area contributed by atoms with E-state index in [2.05, 4.69) is 83.4 Å². The maximum atomic E-state index is 6.39. The van der Waals surface area contributed by atoms with Crippen molar-refractivity contribution in [3.8, 4) is 11.8 Å². The smallest absolute Gasteiger partial charge is 0.165 e. The molecule has 2 fully saturated rings. The van der Waals surface area contributed by atoms with E-state index in [1.54, 1.807) is 7.11 Å². The molecular weight excluding hydrogens is 474 g/mol. The molecule has 6 nitrogen and oxygen atoms in total. The second-order valence-corrected chi connectivity index (χ2v) is 11.7. The molecule has 2 atom stereocenters. The van der Waals surface area contributed by atoms with Gasteiger partial charge in [-0.15, -0.1) is 0 Å². The van der Waals surface area contributed by atoms with E-state index >= 15 is 0 Å². The zero-order valence-corrected chi connectivity index (χ0v) is 23.3. The minimum atomic E-state index is -0.0603. The van der Waals surface area contributed by atoms with Crippen LogP contribution in [-0.2, 0) is 20.9 Å². The quantitative estimate of drug-likeness (QED) is 0.392. The molecule has 2 unspecified atom stereocenters. The lowest BCUT2D eigenvalue weighted by molar-refractivity contribution is 0.0814. The first-order valence-corrected chi connectivity index (χ1v) is 14.2. The summed E-state index contributed by atoms with van der Waals surface area (Å²) in [5.41, 5.74) is 3.78. The summed E-state index contributed by atoms with van der Waals surface area (Å²) in [4.78, 5) is 10.9. The van der Waals surface area contributed by atoms with Crippen molar-refractivity contribution >= 4 is 5.71 Å². The van der Waals surface area contributed by atoms with Crippen molar-refractivity contribution in [1.82, 2.24) is 9.80 Å². The number of methoxy groups -OCH3 is 1. The predicted octanol–water partition coefficient (Wildman–Crippen LogP) is 4.88. The summed E-state index contributed by atoms with van der Waals surface area (Å²) < 4.78 is 11.5. The average Bonchev–Trinajstić information content (AvgIpc) is 3.57. The largest absolute Gasteiger partial charge is 0.492 e. The molecule has 38 heavy (non-hydrogen) atoms. The second kappa shape index (κ2) is 12.5. The molecule has 0 radical (unpaired) electrons. The minimum absolute atomic E-state index is 0.0195. The van der Waals surface area contributed by atoms with Crippen LogP contribution in [0, 0.1) is 29.1 Å². The number of ether oxygens (including phenoxy) is 2. The Kier molecular flexibility index (Phi) is 8.89. The average molecular weight is 518 g/mol. The number of fused-ring (bicyclic) bond motifs is 1. The first-order chi connectivity index (χ1) is 18.5. The Hall–Kier alpha value is -2.59. The summed E-state index contributed by atoms with van der Waals surface area (Å²) in [6, 6.07) is 10.8. The summed E-state index contributed by atoms with van der Waals surface area (Å²) in [5, 5.41) is 4.61. The van der Waals surface area contributed by atoms with E-state index in [1.807, 2.05) is 0 Å². The zero-order chi connectivity index (χ0) is 26.4. The van der Waals surface area contributed by atoms with Crippen LogP contribution in [0.5, 0.6) is 0 Å². The van der Waals surface area contributed by atoms with E-state index in [4.69, 9.17) is 14.3 Å². The number of oxime groups is 1. The summed E-state index contributed by atoms with van der Waals surface area (Å²) in [6.07, 6.45) is 11.3. The third-order valence-corrected chi connectivity index (χ3v) is 8.29. The van der Waals surface area contributed by atoms with Crippen LogP contribution in [0.4, 0.5) is 0 Å². The van der Waals surface area contributed by atoms with Crippen molar-refractivity contribution in [2.24, 2.45) is 22.4 Å². The molecule has 5 rings (SSSR count). The highest BCUT2D eigenvalue weighted by molar-refractivity contribution is 5.90. The number of hydrogen-bond acceptors (Lipinski definition) is 6. The van der Waals surface area contributed by atoms with Crippen LogP contribution in [0.2, 0.25) is 0 Å². The highest BCUT2D eigenvalue weighted by atomic mass is 16.6. The molecule has 1 saturated heterocycles. The number of piperidine rings is 1. The summed E-state index contributed by atoms with van der Waals surface area (Å²) in [5.74, 6) is 8.41. The molecule has 4 aliphatic rings. The van der Waals surface area contributed by atoms with Crippen molar-refractivity contribution in [3.05, 3.63) is 59.4 Å². The fourth-order valence-electron chi connectivity index (χ4n) is 5.81. The van der Waals surface area contributed by atoms with E-state index < -0.39 is 0 Å². The van der Waals surface area contributed by atoms with Crippen molar-refractivity contribution in [1.29, 1.82) is 0 Å². The van der Waals surface area contributed by atoms with Gasteiger partial charge in [-0.05, 0) is 83.3 Å². The Morgan fingerprint density at radius 3 is 2.66 bits per heavy atom. The number of nitrogens with zero attached hydrogens (tertiary/aromatic N) is 3. The van der Waals surface area contributed by atoms with Crippen molar-refractivity contribution in [3.63, 3.8) is 0 Å². The minimum Gasteiger partial charge on any atom is -0.492 e. The Labute approximate surface area is 228 Å². The topological polar surface area (TPSA) is 46.5 Å². The van der Waals surface area contributed by atoms with Crippen LogP contribution in [0.1, 0.15) is 44.1 Å². The second-order valence-electron chi connectivity index (χ2n) is 11.7. The summed E-state index contributed by atoms with van der Waals surface area (Å²) in [7, 11) is 5.87. The van der Waals surface area contributed by atoms with Gasteiger partial charge in [0, 0.05) is 25.8 Å². The van der Waals surface area contributed by atoms with Gasteiger partial charge in [0.2, 0.25) is 0 Å². The lowest BCUT2D eigenvalue weighted by atomic mass is 9.83. The standard InChI is InChI=1S/C32H43N3O3/c1-34(2)23-28-30(37-24-32(17-18-32)16-7-21-36-3)13-11-27-29(33-38-31(27)28)12-10-25-14-19-35(20-15-25)22-26-8-5-4-6-9-26/h4-6,8-9,11,13,25,27,31H,10,12,14-15,17-24H2,1-3H3. The summed E-state index contributed by atoms with van der Waals surface area (Å²) >= 11 is 0. The molecule has 6 heteroatoms. The Morgan fingerprint density at radius 2 is 1.95 bits per heavy atom. The molecule has 0 N–H and O–H groups in total. The number of benzene rings is 1. The van der Waals surface area contributed by atoms with Gasteiger partial charge in [0.05, 0.1) is 17.0 Å². The number of hydrogen-bond donors (Lipinski definition) is 0. The van der Waals surface area contributed by atoms with Gasteiger partial charge in [-0.25, -0.2) is 0 Å². The molecule has 0 aromatic heterocycles. The highest BCUT2D eigenvalue weighted by Crippen LogP contribution is 2.46. The number of rotatable bonds is 11. The normalized spacial score (nSPS) is 24.5. The van der Waals surface area contributed by atoms with Gasteiger partial charge in [0.25, 0.3) is 0 Å². The Morgan fingerprint density at radius 1 is 1.16 bits per heavy atom. The fourth-order valence-corrected chi connectivity index (χ4v) is 5.81. The van der Waals surface area contributed by atoms with Crippen LogP contribution in [-0.4, -0.2) is 75.7 Å². The van der Waals surface area contributed by atoms with Crippen molar-refractivity contribution in [2.45, 2.75) is 51.2 Å². The van der Waals surface area contributed by atoms with E-state index in [-0.39, 0.29) is 17.4 Å². The molecular formula is C32H43N3O3. The van der Waals surface area contributed by atoms with Crippen molar-refractivity contribution in [2.75, 3.05) is 54.1 Å². The fraction of sp³-hybridized carbons (Fsp3) is 0.594. The number of allylic oxidation sites excluding steroid dienone is 1. The third-order valence-electron chi connectivity index (χ3n) is 8.29. The molecule has 0 bridgehead atoms. The van der Waals surface area contributed by atoms with Gasteiger partial charge in [0.15, 0.2) is 6.10 Å². The van der Waals surface area contributed by atoms with Gasteiger partial charge < -0.3 is 19.2 Å². The molecule has 2 aliphatic carbocycles. The molecule has 0 amide bonds. The summed E-state index contributed by atoms with van der Waals surface area (Å²) in [6.45, 7) is 5.32. The van der Waals surface area contributed by atoms with Gasteiger partial charge in [0.1, 0.15) is 19.0 Å². The van der Waals surface area contributed by atoms with Crippen LogP contribution >= 0.6 is 0 Å². The van der Waals surface area contributed by atoms with Gasteiger partial charge in [-0.2, -0.15) is 0 Å². The molecule has 1 saturated carbocycles. The van der Waals surface area contributed by atoms with Crippen LogP contribution in [0.3, 0.4) is 0 Å². The number of likely N-dealkylation sites (N-methyl/N-ethyl adjacent to an activating group) is 1. The van der Waals surface area contributed by atoms with Crippen LogP contribution in [0.15, 0.2) is 59.0 Å². The first kappa shape index (κ1) is 27.0. The van der Waals surface area contributed by atoms with Crippen molar-refractivity contribution < 1.29 is 14.3 Å². The molecule has 2 aliphatic heterocycles. The van der Waals surface area contributed by atoms with Crippen LogP contribution in [0.25, 0.3) is 0 Å². The lowest BCUT2D eigenvalue weighted by Crippen LogP contribution is -2.34. The van der Waals surface area contributed by atoms with E-state index in [9.17, 15) is 0 Å². The third kappa shape index (κ3) is 6.88.